The summed E-state index contributed by atoms with van der Waals surface area (Å²) >= 11 is 0. The van der Waals surface area contributed by atoms with Crippen LogP contribution in [-0.2, 0) is 4.74 Å². The molecule has 0 aliphatic carbocycles. The van der Waals surface area contributed by atoms with E-state index in [0.717, 1.165) is 5.69 Å². The molecule has 0 bridgehead atoms. The normalized spacial score (nSPS) is 11.9. The molecule has 0 aliphatic heterocycles. The molecule has 80 valence electrons. The van der Waals surface area contributed by atoms with Crippen LogP contribution >= 0.6 is 0 Å². The van der Waals surface area contributed by atoms with E-state index in [0.29, 0.717) is 12.2 Å². The van der Waals surface area contributed by atoms with Crippen LogP contribution in [0.25, 0.3) is 0 Å². The summed E-state index contributed by atoms with van der Waals surface area (Å²) in [4.78, 5) is 2.06. The van der Waals surface area contributed by atoms with Gasteiger partial charge in [-0.15, -0.1) is 0 Å². The van der Waals surface area contributed by atoms with Crippen LogP contribution in [0.15, 0.2) is 24.3 Å². The zero-order chi connectivity index (χ0) is 11.3. The molecule has 1 aromatic rings. The van der Waals surface area contributed by atoms with Gasteiger partial charge in [-0.1, -0.05) is 12.1 Å². The molecule has 0 aliphatic rings. The van der Waals surface area contributed by atoms with Crippen molar-refractivity contribution in [3.63, 3.8) is 0 Å². The molecule has 0 saturated heterocycles. The second-order valence-electron chi connectivity index (χ2n) is 3.54. The summed E-state index contributed by atoms with van der Waals surface area (Å²) < 4.78 is 5.10. The molecular formula is C12H16N2O. The number of likely N-dealkylation sites (N-methyl/N-ethyl adjacent to an activating group) is 1. The lowest BCUT2D eigenvalue weighted by Gasteiger charge is -2.27. The van der Waals surface area contributed by atoms with Gasteiger partial charge in [0.15, 0.2) is 0 Å². The van der Waals surface area contributed by atoms with Crippen molar-refractivity contribution < 1.29 is 4.74 Å². The van der Waals surface area contributed by atoms with Gasteiger partial charge in [0.25, 0.3) is 0 Å². The highest BCUT2D eigenvalue weighted by molar-refractivity contribution is 5.59. The summed E-state index contributed by atoms with van der Waals surface area (Å²) in [5.41, 5.74) is 1.65. The molecule has 3 nitrogen and oxygen atoms in total. The highest BCUT2D eigenvalue weighted by Gasteiger charge is 2.12. The Bertz CT molecular complexity index is 357. The predicted molar refractivity (Wildman–Crippen MR) is 60.9 cm³/mol. The molecule has 0 aromatic heterocycles. The first kappa shape index (κ1) is 11.5. The number of hydrogen-bond acceptors (Lipinski definition) is 3. The van der Waals surface area contributed by atoms with Crippen molar-refractivity contribution in [2.24, 2.45) is 0 Å². The van der Waals surface area contributed by atoms with Crippen molar-refractivity contribution in [1.29, 1.82) is 5.26 Å². The lowest BCUT2D eigenvalue weighted by molar-refractivity contribution is 0.183. The molecule has 1 atom stereocenters. The fourth-order valence-corrected chi connectivity index (χ4v) is 1.47. The Balaban J connectivity index is 2.91. The zero-order valence-electron chi connectivity index (χ0n) is 9.40. The standard InChI is InChI=1S/C12H16N2O/c1-10(9-15-3)14(2)12-7-5-4-6-11(12)8-13/h4-7,10H,9H2,1-3H3. The highest BCUT2D eigenvalue weighted by Crippen LogP contribution is 2.19. The Hall–Kier alpha value is -1.53. The van der Waals surface area contributed by atoms with E-state index < -0.39 is 0 Å². The quantitative estimate of drug-likeness (QED) is 0.753. The number of anilines is 1. The molecule has 1 rings (SSSR count). The lowest BCUT2D eigenvalue weighted by Crippen LogP contribution is -2.33. The summed E-state index contributed by atoms with van der Waals surface area (Å²) in [7, 11) is 3.65. The van der Waals surface area contributed by atoms with Gasteiger partial charge in [-0.05, 0) is 19.1 Å². The molecule has 0 N–H and O–H groups in total. The Morgan fingerprint density at radius 2 is 2.13 bits per heavy atom. The Labute approximate surface area is 90.9 Å². The van der Waals surface area contributed by atoms with Crippen LogP contribution in [0.3, 0.4) is 0 Å². The van der Waals surface area contributed by atoms with E-state index in [1.165, 1.54) is 0 Å². The maximum atomic E-state index is 8.97. The summed E-state index contributed by atoms with van der Waals surface area (Å²) in [6.07, 6.45) is 0. The number of hydrogen-bond donors (Lipinski definition) is 0. The molecule has 0 radical (unpaired) electrons. The second kappa shape index (κ2) is 5.38. The van der Waals surface area contributed by atoms with E-state index in [4.69, 9.17) is 10.00 Å². The molecule has 1 aromatic carbocycles. The van der Waals surface area contributed by atoms with Crippen molar-refractivity contribution in [3.8, 4) is 6.07 Å². The number of nitriles is 1. The van der Waals surface area contributed by atoms with Crippen LogP contribution in [0.4, 0.5) is 5.69 Å². The largest absolute Gasteiger partial charge is 0.383 e. The van der Waals surface area contributed by atoms with Gasteiger partial charge in [-0.2, -0.15) is 5.26 Å². The SMILES string of the molecule is COCC(C)N(C)c1ccccc1C#N. The number of methoxy groups -OCH3 is 1. The molecule has 15 heavy (non-hydrogen) atoms. The Kier molecular flexibility index (Phi) is 4.14. The zero-order valence-corrected chi connectivity index (χ0v) is 9.40. The molecule has 0 saturated carbocycles. The smallest absolute Gasteiger partial charge is 0.101 e. The fraction of sp³-hybridized carbons (Fsp3) is 0.417. The van der Waals surface area contributed by atoms with E-state index in [1.807, 2.05) is 31.3 Å². The summed E-state index contributed by atoms with van der Waals surface area (Å²) in [6.45, 7) is 2.72. The predicted octanol–water partition coefficient (Wildman–Crippen LogP) is 2.03. The Morgan fingerprint density at radius 1 is 1.47 bits per heavy atom. The van der Waals surface area contributed by atoms with Crippen molar-refractivity contribution in [2.45, 2.75) is 13.0 Å². The van der Waals surface area contributed by atoms with Crippen LogP contribution in [0.5, 0.6) is 0 Å². The van der Waals surface area contributed by atoms with Crippen LogP contribution in [0.2, 0.25) is 0 Å². The number of ether oxygens (including phenoxy) is 1. The van der Waals surface area contributed by atoms with Crippen LogP contribution in [0, 0.1) is 11.3 Å². The minimum atomic E-state index is 0.254. The molecule has 1 unspecified atom stereocenters. The number of nitrogens with zero attached hydrogens (tertiary/aromatic N) is 2. The van der Waals surface area contributed by atoms with Crippen LogP contribution < -0.4 is 4.90 Å². The van der Waals surface area contributed by atoms with Crippen molar-refractivity contribution >= 4 is 5.69 Å². The average Bonchev–Trinajstić information content (AvgIpc) is 2.28. The van der Waals surface area contributed by atoms with Crippen molar-refractivity contribution in [3.05, 3.63) is 29.8 Å². The first-order valence-electron chi connectivity index (χ1n) is 4.91. The van der Waals surface area contributed by atoms with E-state index in [1.54, 1.807) is 7.11 Å². The fourth-order valence-electron chi connectivity index (χ4n) is 1.47. The number of para-hydroxylation sites is 1. The van der Waals surface area contributed by atoms with E-state index >= 15 is 0 Å². The Morgan fingerprint density at radius 3 is 2.73 bits per heavy atom. The van der Waals surface area contributed by atoms with E-state index in [2.05, 4.69) is 17.9 Å². The van der Waals surface area contributed by atoms with Gasteiger partial charge in [-0.3, -0.25) is 0 Å². The topological polar surface area (TPSA) is 36.3 Å². The third-order valence-electron chi connectivity index (χ3n) is 2.47. The highest BCUT2D eigenvalue weighted by atomic mass is 16.5. The first-order chi connectivity index (χ1) is 7.20. The molecule has 3 heteroatoms. The third kappa shape index (κ3) is 2.71. The first-order valence-corrected chi connectivity index (χ1v) is 4.91. The minimum absolute atomic E-state index is 0.254. The molecule has 0 amide bonds. The minimum Gasteiger partial charge on any atom is -0.383 e. The van der Waals surface area contributed by atoms with Crippen LogP contribution in [0.1, 0.15) is 12.5 Å². The second-order valence-corrected chi connectivity index (χ2v) is 3.54. The van der Waals surface area contributed by atoms with Gasteiger partial charge >= 0.3 is 0 Å². The van der Waals surface area contributed by atoms with Crippen molar-refractivity contribution in [1.82, 2.24) is 0 Å². The van der Waals surface area contributed by atoms with Gasteiger partial charge in [-0.25, -0.2) is 0 Å². The van der Waals surface area contributed by atoms with Gasteiger partial charge in [0.2, 0.25) is 0 Å². The summed E-state index contributed by atoms with van der Waals surface area (Å²) in [6, 6.07) is 10.0. The van der Waals surface area contributed by atoms with E-state index in [9.17, 15) is 0 Å². The van der Waals surface area contributed by atoms with E-state index in [-0.39, 0.29) is 6.04 Å². The molecular weight excluding hydrogens is 188 g/mol. The summed E-state index contributed by atoms with van der Waals surface area (Å²) in [5, 5.41) is 8.97. The third-order valence-corrected chi connectivity index (χ3v) is 2.47. The number of benzene rings is 1. The summed E-state index contributed by atoms with van der Waals surface area (Å²) in [5.74, 6) is 0. The molecule has 0 spiro atoms. The van der Waals surface area contributed by atoms with Gasteiger partial charge < -0.3 is 9.64 Å². The maximum Gasteiger partial charge on any atom is 0.101 e. The average molecular weight is 204 g/mol. The number of rotatable bonds is 4. The lowest BCUT2D eigenvalue weighted by atomic mass is 10.1. The molecule has 0 heterocycles. The monoisotopic (exact) mass is 204 g/mol. The van der Waals surface area contributed by atoms with Gasteiger partial charge in [0.05, 0.1) is 17.9 Å². The van der Waals surface area contributed by atoms with Gasteiger partial charge in [0.1, 0.15) is 6.07 Å². The van der Waals surface area contributed by atoms with Gasteiger partial charge in [0, 0.05) is 20.2 Å². The maximum absolute atomic E-state index is 8.97. The van der Waals surface area contributed by atoms with Crippen molar-refractivity contribution in [2.75, 3.05) is 25.7 Å². The van der Waals surface area contributed by atoms with Crippen LogP contribution in [-0.4, -0.2) is 26.8 Å². The molecule has 0 fully saturated rings.